The minimum Gasteiger partial charge on any atom is -0.495 e. The lowest BCUT2D eigenvalue weighted by Gasteiger charge is -2.15. The number of rotatable bonds is 5. The first-order valence-corrected chi connectivity index (χ1v) is 9.73. The Morgan fingerprint density at radius 3 is 2.23 bits per heavy atom. The molecule has 0 aromatic heterocycles. The predicted octanol–water partition coefficient (Wildman–Crippen LogP) is 5.05. The molecule has 0 atom stereocenters. The number of carbonyl (C=O) groups excluding carboxylic acids is 2. The van der Waals surface area contributed by atoms with E-state index in [-0.39, 0.29) is 11.6 Å². The first-order valence-electron chi connectivity index (χ1n) is 9.35. The monoisotopic (exact) mass is 418 g/mol. The molecule has 2 amide bonds. The van der Waals surface area contributed by atoms with E-state index in [1.807, 2.05) is 37.3 Å². The minimum atomic E-state index is -0.422. The Bertz CT molecular complexity index is 1150. The number of halogens is 1. The smallest absolute Gasteiger partial charge is 0.282 e. The van der Waals surface area contributed by atoms with Crippen molar-refractivity contribution in [3.63, 3.8) is 0 Å². The third-order valence-electron chi connectivity index (χ3n) is 4.86. The summed E-state index contributed by atoms with van der Waals surface area (Å²) in [7, 11) is 1.53. The van der Waals surface area contributed by atoms with E-state index in [1.54, 1.807) is 42.5 Å². The maximum absolute atomic E-state index is 13.3. The molecule has 0 unspecified atom stereocenters. The van der Waals surface area contributed by atoms with E-state index in [0.29, 0.717) is 33.3 Å². The number of para-hydroxylation sites is 1. The number of nitrogens with one attached hydrogen (secondary N) is 1. The number of nitrogens with zero attached hydrogens (tertiary/aromatic N) is 1. The van der Waals surface area contributed by atoms with Crippen LogP contribution in [0.3, 0.4) is 0 Å². The average molecular weight is 419 g/mol. The quantitative estimate of drug-likeness (QED) is 0.589. The van der Waals surface area contributed by atoms with Crippen LogP contribution in [0.2, 0.25) is 5.02 Å². The van der Waals surface area contributed by atoms with E-state index < -0.39 is 5.91 Å². The van der Waals surface area contributed by atoms with Gasteiger partial charge in [-0.15, -0.1) is 0 Å². The van der Waals surface area contributed by atoms with Crippen LogP contribution < -0.4 is 15.0 Å². The second kappa shape index (κ2) is 8.05. The normalized spacial score (nSPS) is 13.8. The number of aryl methyl sites for hydroxylation is 1. The molecular weight excluding hydrogens is 400 g/mol. The Balaban J connectivity index is 1.81. The highest BCUT2D eigenvalue weighted by Crippen LogP contribution is 2.35. The van der Waals surface area contributed by atoms with Gasteiger partial charge in [0.15, 0.2) is 0 Å². The number of anilines is 2. The topological polar surface area (TPSA) is 58.6 Å². The van der Waals surface area contributed by atoms with Gasteiger partial charge in [-0.3, -0.25) is 9.59 Å². The molecule has 0 saturated carbocycles. The number of imide groups is 1. The molecule has 3 aromatic carbocycles. The summed E-state index contributed by atoms with van der Waals surface area (Å²) in [4.78, 5) is 27.8. The van der Waals surface area contributed by atoms with Crippen molar-refractivity contribution < 1.29 is 14.3 Å². The van der Waals surface area contributed by atoms with Crippen LogP contribution in [0.5, 0.6) is 5.75 Å². The zero-order valence-corrected chi connectivity index (χ0v) is 17.2. The van der Waals surface area contributed by atoms with Gasteiger partial charge in [-0.1, -0.05) is 59.6 Å². The highest BCUT2D eigenvalue weighted by Gasteiger charge is 2.40. The molecule has 0 saturated heterocycles. The molecule has 1 aliphatic rings. The van der Waals surface area contributed by atoms with Crippen molar-refractivity contribution in [3.05, 3.63) is 94.6 Å². The highest BCUT2D eigenvalue weighted by molar-refractivity contribution is 6.46. The number of amides is 2. The summed E-state index contributed by atoms with van der Waals surface area (Å²) >= 11 is 6.23. The Morgan fingerprint density at radius 2 is 1.60 bits per heavy atom. The summed E-state index contributed by atoms with van der Waals surface area (Å²) < 4.78 is 5.18. The summed E-state index contributed by atoms with van der Waals surface area (Å²) in [6.07, 6.45) is 0. The van der Waals surface area contributed by atoms with E-state index in [9.17, 15) is 9.59 Å². The van der Waals surface area contributed by atoms with Gasteiger partial charge < -0.3 is 10.1 Å². The van der Waals surface area contributed by atoms with Crippen LogP contribution >= 0.6 is 11.6 Å². The first-order chi connectivity index (χ1) is 14.5. The van der Waals surface area contributed by atoms with Gasteiger partial charge in [-0.05, 0) is 42.8 Å². The lowest BCUT2D eigenvalue weighted by Crippen LogP contribution is -2.32. The van der Waals surface area contributed by atoms with Gasteiger partial charge in [0.2, 0.25) is 0 Å². The van der Waals surface area contributed by atoms with Gasteiger partial charge in [0, 0.05) is 5.69 Å². The fourth-order valence-electron chi connectivity index (χ4n) is 3.33. The SMILES string of the molecule is COc1ccc(NC2=C(c3ccc(C)cc3)C(=O)N(c3ccccc3)C2=O)cc1Cl. The van der Waals surface area contributed by atoms with Crippen molar-refractivity contribution in [1.82, 2.24) is 0 Å². The fraction of sp³-hybridized carbons (Fsp3) is 0.0833. The molecule has 0 aliphatic carbocycles. The van der Waals surface area contributed by atoms with Crippen LogP contribution in [0.1, 0.15) is 11.1 Å². The van der Waals surface area contributed by atoms with E-state index in [2.05, 4.69) is 5.32 Å². The molecule has 30 heavy (non-hydrogen) atoms. The van der Waals surface area contributed by atoms with Crippen LogP contribution in [0.25, 0.3) is 5.57 Å². The molecular formula is C24H19ClN2O3. The number of hydrogen-bond acceptors (Lipinski definition) is 4. The maximum Gasteiger partial charge on any atom is 0.282 e. The van der Waals surface area contributed by atoms with E-state index in [1.165, 1.54) is 12.0 Å². The van der Waals surface area contributed by atoms with Gasteiger partial charge in [0.25, 0.3) is 11.8 Å². The van der Waals surface area contributed by atoms with Crippen LogP contribution in [-0.4, -0.2) is 18.9 Å². The maximum atomic E-state index is 13.3. The van der Waals surface area contributed by atoms with Crippen LogP contribution in [0, 0.1) is 6.92 Å². The van der Waals surface area contributed by atoms with Gasteiger partial charge >= 0.3 is 0 Å². The molecule has 1 heterocycles. The van der Waals surface area contributed by atoms with Crippen LogP contribution in [0.4, 0.5) is 11.4 Å². The van der Waals surface area contributed by atoms with Gasteiger partial charge in [-0.25, -0.2) is 4.90 Å². The van der Waals surface area contributed by atoms with E-state index >= 15 is 0 Å². The minimum absolute atomic E-state index is 0.203. The summed E-state index contributed by atoms with van der Waals surface area (Å²) in [6.45, 7) is 1.97. The van der Waals surface area contributed by atoms with Crippen molar-refractivity contribution in [2.75, 3.05) is 17.3 Å². The molecule has 3 aromatic rings. The highest BCUT2D eigenvalue weighted by atomic mass is 35.5. The average Bonchev–Trinajstić information content (AvgIpc) is 2.99. The number of carbonyl (C=O) groups is 2. The number of hydrogen-bond donors (Lipinski definition) is 1. The second-order valence-corrected chi connectivity index (χ2v) is 7.28. The second-order valence-electron chi connectivity index (χ2n) is 6.87. The molecule has 1 N–H and O–H groups in total. The molecule has 5 nitrogen and oxygen atoms in total. The fourth-order valence-corrected chi connectivity index (χ4v) is 3.59. The molecule has 0 radical (unpaired) electrons. The zero-order valence-electron chi connectivity index (χ0n) is 16.5. The van der Waals surface area contributed by atoms with E-state index in [0.717, 1.165) is 5.56 Å². The van der Waals surface area contributed by atoms with Gasteiger partial charge in [-0.2, -0.15) is 0 Å². The summed E-state index contributed by atoms with van der Waals surface area (Å²) in [6, 6.07) is 21.5. The number of ether oxygens (including phenoxy) is 1. The van der Waals surface area contributed by atoms with Crippen LogP contribution in [0.15, 0.2) is 78.5 Å². The summed E-state index contributed by atoms with van der Waals surface area (Å²) in [5.41, 5.74) is 3.34. The first kappa shape index (κ1) is 19.7. The van der Waals surface area contributed by atoms with Crippen molar-refractivity contribution in [1.29, 1.82) is 0 Å². The van der Waals surface area contributed by atoms with Crippen LogP contribution in [-0.2, 0) is 9.59 Å². The molecule has 6 heteroatoms. The molecule has 1 aliphatic heterocycles. The largest absolute Gasteiger partial charge is 0.495 e. The van der Waals surface area contributed by atoms with Gasteiger partial charge in [0.1, 0.15) is 11.4 Å². The Hall–Kier alpha value is -3.57. The predicted molar refractivity (Wildman–Crippen MR) is 119 cm³/mol. The lowest BCUT2D eigenvalue weighted by molar-refractivity contribution is -0.120. The standard InChI is InChI=1S/C24H19ClN2O3/c1-15-8-10-16(11-9-15)21-22(26-17-12-13-20(30-2)19(25)14-17)24(29)27(23(21)28)18-6-4-3-5-7-18/h3-14,26H,1-2H3. The lowest BCUT2D eigenvalue weighted by atomic mass is 10.0. The van der Waals surface area contributed by atoms with Crippen molar-refractivity contribution in [3.8, 4) is 5.75 Å². The van der Waals surface area contributed by atoms with Gasteiger partial charge in [0.05, 0.1) is 23.4 Å². The third kappa shape index (κ3) is 3.55. The number of methoxy groups -OCH3 is 1. The van der Waals surface area contributed by atoms with Crippen molar-refractivity contribution >= 4 is 40.4 Å². The summed E-state index contributed by atoms with van der Waals surface area (Å²) in [5, 5.41) is 3.50. The molecule has 0 fully saturated rings. The van der Waals surface area contributed by atoms with Crippen molar-refractivity contribution in [2.24, 2.45) is 0 Å². The zero-order chi connectivity index (χ0) is 21.3. The molecule has 0 spiro atoms. The Morgan fingerprint density at radius 1 is 0.900 bits per heavy atom. The molecule has 4 rings (SSSR count). The molecule has 0 bridgehead atoms. The summed E-state index contributed by atoms with van der Waals surface area (Å²) in [5.74, 6) is -0.277. The van der Waals surface area contributed by atoms with E-state index in [4.69, 9.17) is 16.3 Å². The Kier molecular flexibility index (Phi) is 5.29. The van der Waals surface area contributed by atoms with Crippen molar-refractivity contribution in [2.45, 2.75) is 6.92 Å². The molecule has 150 valence electrons. The Labute approximate surface area is 179 Å². The number of benzene rings is 3. The third-order valence-corrected chi connectivity index (χ3v) is 5.16.